The zero-order chi connectivity index (χ0) is 25.4. The van der Waals surface area contributed by atoms with E-state index in [1.807, 2.05) is 91.1 Å². The average molecular weight is 492 g/mol. The largest absolute Gasteiger partial charge is 0.350 e. The standard InChI is InChI=1S/C29H25N5O3/c35-25(19-33-27(36)29(31-28(33)37)16-15-20-9-7-8-14-24(20)29)30-17-22-18-34(23-12-5-2-6-13-23)32-26(22)21-10-3-1-4-11-21/h1-14,18H,15-17,19H2,(H,30,35)(H,31,37)/t29-/m1/s1. The summed E-state index contributed by atoms with van der Waals surface area (Å²) in [6, 6.07) is 26.6. The lowest BCUT2D eigenvalue weighted by Gasteiger charge is -2.22. The number of para-hydroxylation sites is 1. The van der Waals surface area contributed by atoms with E-state index in [9.17, 15) is 14.4 Å². The molecule has 1 aromatic heterocycles. The number of nitrogens with one attached hydrogen (secondary N) is 2. The number of aromatic nitrogens is 2. The van der Waals surface area contributed by atoms with E-state index >= 15 is 0 Å². The van der Waals surface area contributed by atoms with Gasteiger partial charge in [-0.1, -0.05) is 72.8 Å². The fourth-order valence-corrected chi connectivity index (χ4v) is 5.22. The summed E-state index contributed by atoms with van der Waals surface area (Å²) in [5.41, 5.74) is 4.19. The number of carbonyl (C=O) groups is 3. The number of hydrogen-bond donors (Lipinski definition) is 2. The predicted octanol–water partition coefficient (Wildman–Crippen LogP) is 3.55. The molecular formula is C29H25N5O3. The summed E-state index contributed by atoms with van der Waals surface area (Å²) in [4.78, 5) is 40.1. The lowest BCUT2D eigenvalue weighted by molar-refractivity contribution is -0.135. The third kappa shape index (κ3) is 3.96. The first kappa shape index (κ1) is 22.7. The molecule has 1 aliphatic heterocycles. The van der Waals surface area contributed by atoms with E-state index in [0.29, 0.717) is 12.8 Å². The first-order chi connectivity index (χ1) is 18.0. The van der Waals surface area contributed by atoms with Gasteiger partial charge in [-0.05, 0) is 36.1 Å². The molecule has 2 N–H and O–H groups in total. The van der Waals surface area contributed by atoms with Gasteiger partial charge in [0.1, 0.15) is 12.1 Å². The van der Waals surface area contributed by atoms with Crippen molar-refractivity contribution < 1.29 is 14.4 Å². The lowest BCUT2D eigenvalue weighted by atomic mass is 9.92. The number of fused-ring (bicyclic) bond motifs is 2. The highest BCUT2D eigenvalue weighted by molar-refractivity contribution is 6.09. The van der Waals surface area contributed by atoms with Crippen LogP contribution in [0, 0.1) is 0 Å². The Balaban J connectivity index is 1.19. The maximum atomic E-state index is 13.4. The SMILES string of the molecule is O=C(CN1C(=O)N[C@@]2(CCc3ccccc32)C1=O)NCc1cn(-c2ccccc2)nc1-c1ccccc1. The summed E-state index contributed by atoms with van der Waals surface area (Å²) >= 11 is 0. The van der Waals surface area contributed by atoms with Gasteiger partial charge in [0, 0.05) is 23.9 Å². The summed E-state index contributed by atoms with van der Waals surface area (Å²) in [5, 5.41) is 10.5. The molecule has 6 rings (SSSR count). The van der Waals surface area contributed by atoms with Crippen molar-refractivity contribution in [2.45, 2.75) is 24.9 Å². The van der Waals surface area contributed by atoms with E-state index in [2.05, 4.69) is 10.6 Å². The first-order valence-corrected chi connectivity index (χ1v) is 12.2. The highest BCUT2D eigenvalue weighted by Crippen LogP contribution is 2.41. The normalized spacial score (nSPS) is 18.2. The van der Waals surface area contributed by atoms with Crippen LogP contribution in [0.3, 0.4) is 0 Å². The second-order valence-electron chi connectivity index (χ2n) is 9.31. The van der Waals surface area contributed by atoms with Crippen molar-refractivity contribution in [1.29, 1.82) is 0 Å². The average Bonchev–Trinajstić information content (AvgIpc) is 3.60. The Bertz CT molecular complexity index is 1500. The Kier molecular flexibility index (Phi) is 5.56. The van der Waals surface area contributed by atoms with E-state index in [0.717, 1.165) is 38.5 Å². The molecule has 4 aromatic rings. The molecule has 1 atom stereocenters. The van der Waals surface area contributed by atoms with Gasteiger partial charge in [0.05, 0.1) is 11.4 Å². The molecule has 184 valence electrons. The van der Waals surface area contributed by atoms with E-state index in [4.69, 9.17) is 5.10 Å². The molecule has 4 amide bonds. The zero-order valence-electron chi connectivity index (χ0n) is 20.1. The molecule has 0 unspecified atom stereocenters. The third-order valence-electron chi connectivity index (χ3n) is 7.06. The fourth-order valence-electron chi connectivity index (χ4n) is 5.22. The Morgan fingerprint density at radius 2 is 1.65 bits per heavy atom. The Labute approximate surface area is 213 Å². The van der Waals surface area contributed by atoms with Crippen molar-refractivity contribution in [2.24, 2.45) is 0 Å². The van der Waals surface area contributed by atoms with Crippen LogP contribution in [0.4, 0.5) is 4.79 Å². The monoisotopic (exact) mass is 491 g/mol. The first-order valence-electron chi connectivity index (χ1n) is 12.2. The van der Waals surface area contributed by atoms with E-state index in [1.165, 1.54) is 0 Å². The highest BCUT2D eigenvalue weighted by atomic mass is 16.2. The van der Waals surface area contributed by atoms with Crippen molar-refractivity contribution in [1.82, 2.24) is 25.3 Å². The lowest BCUT2D eigenvalue weighted by Crippen LogP contribution is -2.43. The van der Waals surface area contributed by atoms with E-state index in [1.54, 1.807) is 4.68 Å². The summed E-state index contributed by atoms with van der Waals surface area (Å²) in [5.74, 6) is -0.794. The molecule has 8 nitrogen and oxygen atoms in total. The molecule has 37 heavy (non-hydrogen) atoms. The summed E-state index contributed by atoms with van der Waals surface area (Å²) in [7, 11) is 0. The number of urea groups is 1. The maximum absolute atomic E-state index is 13.4. The van der Waals surface area contributed by atoms with E-state index in [-0.39, 0.29) is 19.0 Å². The number of benzene rings is 3. The van der Waals surface area contributed by atoms with Gasteiger partial charge in [0.25, 0.3) is 5.91 Å². The number of nitrogens with zero attached hydrogens (tertiary/aromatic N) is 3. The smallest absolute Gasteiger partial charge is 0.325 e. The molecule has 1 saturated heterocycles. The molecule has 2 aliphatic rings. The van der Waals surface area contributed by atoms with Crippen LogP contribution in [0.1, 0.15) is 23.1 Å². The molecular weight excluding hydrogens is 466 g/mol. The minimum absolute atomic E-state index is 0.202. The molecule has 0 radical (unpaired) electrons. The van der Waals surface area contributed by atoms with Gasteiger partial charge in [0.2, 0.25) is 5.91 Å². The van der Waals surface area contributed by atoms with Gasteiger partial charge in [-0.25, -0.2) is 9.48 Å². The number of amides is 4. The van der Waals surface area contributed by atoms with Crippen LogP contribution < -0.4 is 10.6 Å². The minimum atomic E-state index is -1.08. The number of imide groups is 1. The molecule has 8 heteroatoms. The number of carbonyl (C=O) groups excluding carboxylic acids is 3. The van der Waals surface area contributed by atoms with Gasteiger partial charge in [0.15, 0.2) is 0 Å². The van der Waals surface area contributed by atoms with Crippen LogP contribution in [-0.2, 0) is 28.1 Å². The van der Waals surface area contributed by atoms with Crippen LogP contribution >= 0.6 is 0 Å². The van der Waals surface area contributed by atoms with Crippen LogP contribution in [-0.4, -0.2) is 39.1 Å². The Morgan fingerprint density at radius 1 is 0.946 bits per heavy atom. The van der Waals surface area contributed by atoms with Crippen molar-refractivity contribution in [2.75, 3.05) is 6.54 Å². The Morgan fingerprint density at radius 3 is 2.43 bits per heavy atom. The second-order valence-corrected chi connectivity index (χ2v) is 9.31. The van der Waals surface area contributed by atoms with Gasteiger partial charge >= 0.3 is 6.03 Å². The number of hydrogen-bond acceptors (Lipinski definition) is 4. The minimum Gasteiger partial charge on any atom is -0.350 e. The van der Waals surface area contributed by atoms with Crippen LogP contribution in [0.5, 0.6) is 0 Å². The van der Waals surface area contributed by atoms with E-state index < -0.39 is 17.5 Å². The molecule has 3 aromatic carbocycles. The van der Waals surface area contributed by atoms with Crippen molar-refractivity contribution in [3.63, 3.8) is 0 Å². The number of aryl methyl sites for hydroxylation is 1. The summed E-state index contributed by atoms with van der Waals surface area (Å²) in [6.07, 6.45) is 3.08. The summed E-state index contributed by atoms with van der Waals surface area (Å²) in [6.45, 7) is -0.143. The molecule has 1 aliphatic carbocycles. The zero-order valence-corrected chi connectivity index (χ0v) is 20.1. The molecule has 0 bridgehead atoms. The van der Waals surface area contributed by atoms with Crippen molar-refractivity contribution in [3.8, 4) is 16.9 Å². The molecule has 0 saturated carbocycles. The Hall–Kier alpha value is -4.72. The maximum Gasteiger partial charge on any atom is 0.325 e. The quantitative estimate of drug-likeness (QED) is 0.403. The molecule has 1 spiro atoms. The fraction of sp³-hybridized carbons (Fsp3) is 0.172. The van der Waals surface area contributed by atoms with Crippen LogP contribution in [0.15, 0.2) is 91.1 Å². The van der Waals surface area contributed by atoms with Gasteiger partial charge in [-0.3, -0.25) is 14.5 Å². The van der Waals surface area contributed by atoms with Crippen LogP contribution in [0.2, 0.25) is 0 Å². The topological polar surface area (TPSA) is 96.3 Å². The molecule has 2 heterocycles. The third-order valence-corrected chi connectivity index (χ3v) is 7.06. The highest BCUT2D eigenvalue weighted by Gasteiger charge is 2.55. The van der Waals surface area contributed by atoms with Gasteiger partial charge < -0.3 is 10.6 Å². The van der Waals surface area contributed by atoms with Crippen LogP contribution in [0.25, 0.3) is 16.9 Å². The molecule has 1 fully saturated rings. The predicted molar refractivity (Wildman–Crippen MR) is 138 cm³/mol. The van der Waals surface area contributed by atoms with Gasteiger partial charge in [-0.2, -0.15) is 5.10 Å². The van der Waals surface area contributed by atoms with Crippen molar-refractivity contribution in [3.05, 3.63) is 108 Å². The van der Waals surface area contributed by atoms with Crippen molar-refractivity contribution >= 4 is 17.8 Å². The summed E-state index contributed by atoms with van der Waals surface area (Å²) < 4.78 is 1.78. The van der Waals surface area contributed by atoms with Gasteiger partial charge in [-0.15, -0.1) is 0 Å². The second kappa shape index (κ2) is 9.05. The number of rotatable bonds is 6.